The normalized spacial score (nSPS) is 11.2. The zero-order valence-electron chi connectivity index (χ0n) is 70.0. The monoisotopic (exact) mass is 1560 g/mol. The molecule has 0 spiro atoms. The van der Waals surface area contributed by atoms with Crippen molar-refractivity contribution in [1.82, 2.24) is 0 Å². The molecule has 0 fully saturated rings. The number of rotatable bonds is 67. The van der Waals surface area contributed by atoms with Crippen molar-refractivity contribution in [3.05, 3.63) is 166 Å². The first-order valence-corrected chi connectivity index (χ1v) is 44.1. The summed E-state index contributed by atoms with van der Waals surface area (Å²) in [4.78, 5) is 0. The highest BCUT2D eigenvalue weighted by molar-refractivity contribution is 7.79. The molecule has 0 aliphatic rings. The van der Waals surface area contributed by atoms with Gasteiger partial charge in [-0.05, 0) is 175 Å². The molecule has 0 unspecified atom stereocenters. The summed E-state index contributed by atoms with van der Waals surface area (Å²) < 4.78 is 91.6. The van der Waals surface area contributed by atoms with Crippen molar-refractivity contribution < 1.29 is 66.3 Å². The Morgan fingerprint density at radius 1 is 0.152 bits per heavy atom. The van der Waals surface area contributed by atoms with Crippen LogP contribution in [0.15, 0.2) is 127 Å². The van der Waals surface area contributed by atoms with Gasteiger partial charge in [-0.15, -0.1) is 0 Å². The molecule has 7 aromatic rings. The van der Waals surface area contributed by atoms with Gasteiger partial charge in [0.25, 0.3) is 0 Å². The molecular formula is C97H140O14S. The van der Waals surface area contributed by atoms with E-state index in [9.17, 15) is 0 Å². The molecule has 7 aromatic carbocycles. The van der Waals surface area contributed by atoms with Gasteiger partial charge < -0.3 is 66.3 Å². The van der Waals surface area contributed by atoms with Gasteiger partial charge in [0.15, 0.2) is 0 Å². The smallest absolute Gasteiger partial charge is 0.123 e. The molecule has 112 heavy (non-hydrogen) atoms. The second kappa shape index (κ2) is 57.2. The van der Waals surface area contributed by atoms with E-state index >= 15 is 0 Å². The van der Waals surface area contributed by atoms with Gasteiger partial charge in [0, 0.05) is 48.2 Å². The Morgan fingerprint density at radius 2 is 0.277 bits per heavy atom. The molecule has 7 rings (SSSR count). The van der Waals surface area contributed by atoms with E-state index in [1.807, 2.05) is 78.9 Å². The van der Waals surface area contributed by atoms with Crippen molar-refractivity contribution in [3.63, 3.8) is 0 Å². The average molecular weight is 1560 g/mol. The van der Waals surface area contributed by atoms with Gasteiger partial charge >= 0.3 is 0 Å². The number of thiol groups is 1. The maximum absolute atomic E-state index is 6.77. The Balaban J connectivity index is 1.16. The highest BCUT2D eigenvalue weighted by Crippen LogP contribution is 2.35. The van der Waals surface area contributed by atoms with Crippen LogP contribution in [0.5, 0.6) is 80.5 Å². The van der Waals surface area contributed by atoms with Crippen LogP contribution in [-0.2, 0) is 45.4 Å². The van der Waals surface area contributed by atoms with Crippen LogP contribution >= 0.6 is 12.6 Å². The van der Waals surface area contributed by atoms with Crippen molar-refractivity contribution in [1.29, 1.82) is 0 Å². The first-order chi connectivity index (χ1) is 55.1. The molecule has 0 heterocycles. The van der Waals surface area contributed by atoms with Crippen molar-refractivity contribution in [2.75, 3.05) is 52.9 Å². The molecule has 0 saturated heterocycles. The summed E-state index contributed by atoms with van der Waals surface area (Å²) in [6.45, 7) is 24.4. The summed E-state index contributed by atoms with van der Waals surface area (Å²) >= 11 is 4.79. The molecule has 15 heteroatoms. The number of unbranched alkanes of at least 4 members (excludes halogenated alkanes) is 24. The highest BCUT2D eigenvalue weighted by atomic mass is 32.1. The Labute approximate surface area is 681 Å². The zero-order chi connectivity index (χ0) is 79.1. The summed E-state index contributed by atoms with van der Waals surface area (Å²) in [5.41, 5.74) is 6.37. The standard InChI is InChI=1S/C97H140O14S/c1-9-17-25-33-41-98-84-49-77(50-85(63-84)99-42-34-26-18-10-2)70-106-92-57-81(58-93(67-92)107-71-78-51-86(100-43-35-27-19-11-3)64-87(52-78)101-44-36-28-20-12-4)74-110-96-61-83(76-112)62-97(69-96)111-75-82-59-94(108-72-79-53-88(102-45-37-29-21-13-5)65-89(54-79)103-46-38-30-22-14-6)68-95(60-82)109-73-80-55-90(104-47-39-31-23-15-7)66-91(56-80)105-48-40-32-24-16-8/h49-69,112H,9-48,70-76H2,1-8H3. The van der Waals surface area contributed by atoms with Gasteiger partial charge in [0.2, 0.25) is 0 Å². The van der Waals surface area contributed by atoms with Gasteiger partial charge in [0.05, 0.1) is 52.9 Å². The van der Waals surface area contributed by atoms with Crippen LogP contribution in [-0.4, -0.2) is 52.9 Å². The maximum atomic E-state index is 6.77. The minimum Gasteiger partial charge on any atom is -0.493 e. The van der Waals surface area contributed by atoms with E-state index in [1.54, 1.807) is 0 Å². The Kier molecular flexibility index (Phi) is 46.6. The van der Waals surface area contributed by atoms with E-state index in [1.165, 1.54) is 103 Å². The first kappa shape index (κ1) is 91.3. The van der Waals surface area contributed by atoms with E-state index in [4.69, 9.17) is 78.9 Å². The third kappa shape index (κ3) is 38.7. The molecule has 14 nitrogen and oxygen atoms in total. The minimum absolute atomic E-state index is 0.193. The Bertz CT molecular complexity index is 3080. The van der Waals surface area contributed by atoms with E-state index < -0.39 is 0 Å². The number of hydrogen-bond acceptors (Lipinski definition) is 15. The molecule has 0 bridgehead atoms. The fraction of sp³-hybridized carbons (Fsp3) is 0.567. The third-order valence-corrected chi connectivity index (χ3v) is 19.7. The van der Waals surface area contributed by atoms with E-state index in [0.29, 0.717) is 93.1 Å². The summed E-state index contributed by atoms with van der Waals surface area (Å²) in [7, 11) is 0. The molecule has 0 atom stereocenters. The van der Waals surface area contributed by atoms with Gasteiger partial charge in [-0.3, -0.25) is 0 Å². The van der Waals surface area contributed by atoms with Crippen LogP contribution in [0, 0.1) is 0 Å². The lowest BCUT2D eigenvalue weighted by molar-refractivity contribution is 0.271. The van der Waals surface area contributed by atoms with Crippen molar-refractivity contribution in [2.24, 2.45) is 0 Å². The molecule has 0 aliphatic carbocycles. The largest absolute Gasteiger partial charge is 0.493 e. The molecule has 0 radical (unpaired) electrons. The topological polar surface area (TPSA) is 129 Å². The molecule has 0 aromatic heterocycles. The molecule has 0 amide bonds. The minimum atomic E-state index is 0.193. The number of hydrogen-bond donors (Lipinski definition) is 1. The number of ether oxygens (including phenoxy) is 14. The highest BCUT2D eigenvalue weighted by Gasteiger charge is 2.16. The average Bonchev–Trinajstić information content (AvgIpc) is 0.844. The van der Waals surface area contributed by atoms with Gasteiger partial charge in [-0.1, -0.05) is 209 Å². The second-order valence-corrected chi connectivity index (χ2v) is 30.2. The third-order valence-electron chi connectivity index (χ3n) is 19.3. The zero-order valence-corrected chi connectivity index (χ0v) is 70.9. The summed E-state index contributed by atoms with van der Waals surface area (Å²) in [6.07, 6.45) is 35.8. The quantitative estimate of drug-likeness (QED) is 0.0287. The van der Waals surface area contributed by atoms with E-state index in [-0.39, 0.29) is 39.6 Å². The molecule has 0 aliphatic heterocycles. The SMILES string of the molecule is CCCCCCOc1cc(COc2cc(COc3cc(CS)cc(OCc4cc(OCc5cc(OCCCCCC)cc(OCCCCCC)c5)cc(OCc5cc(OCCCCCC)cc(OCCCCCC)c5)c4)c3)cc(OCc3cc(OCCCCCC)cc(OCCCCCC)c3)c2)cc(OCCCCCC)c1. The fourth-order valence-electron chi connectivity index (χ4n) is 12.9. The molecule has 0 N–H and O–H groups in total. The van der Waals surface area contributed by atoms with Crippen LogP contribution in [0.25, 0.3) is 0 Å². The van der Waals surface area contributed by atoms with Crippen LogP contribution in [0.3, 0.4) is 0 Å². The van der Waals surface area contributed by atoms with Crippen LogP contribution in [0.1, 0.15) is 300 Å². The lowest BCUT2D eigenvalue weighted by Gasteiger charge is -2.17. The van der Waals surface area contributed by atoms with Crippen molar-refractivity contribution in [3.8, 4) is 80.5 Å². The van der Waals surface area contributed by atoms with E-state index in [0.717, 1.165) is 188 Å². The van der Waals surface area contributed by atoms with Gasteiger partial charge in [0.1, 0.15) is 120 Å². The summed E-state index contributed by atoms with van der Waals surface area (Å²) in [5, 5.41) is 0. The Morgan fingerprint density at radius 3 is 0.402 bits per heavy atom. The van der Waals surface area contributed by atoms with Crippen molar-refractivity contribution >= 4 is 12.6 Å². The fourth-order valence-corrected chi connectivity index (χ4v) is 13.1. The predicted octanol–water partition coefficient (Wildman–Crippen LogP) is 27.3. The van der Waals surface area contributed by atoms with Crippen molar-refractivity contribution in [2.45, 2.75) is 306 Å². The maximum Gasteiger partial charge on any atom is 0.123 e. The predicted molar refractivity (Wildman–Crippen MR) is 461 cm³/mol. The molecule has 618 valence electrons. The van der Waals surface area contributed by atoms with Crippen LogP contribution < -0.4 is 66.3 Å². The van der Waals surface area contributed by atoms with Crippen LogP contribution in [0.2, 0.25) is 0 Å². The second-order valence-electron chi connectivity index (χ2n) is 29.9. The summed E-state index contributed by atoms with van der Waals surface area (Å²) in [6, 6.07) is 42.4. The van der Waals surface area contributed by atoms with E-state index in [2.05, 4.69) is 104 Å². The van der Waals surface area contributed by atoms with Gasteiger partial charge in [-0.2, -0.15) is 12.6 Å². The lowest BCUT2D eigenvalue weighted by atomic mass is 10.1. The summed E-state index contributed by atoms with van der Waals surface area (Å²) in [5.74, 6) is 10.4. The lowest BCUT2D eigenvalue weighted by Crippen LogP contribution is -2.05. The molecular weight excluding hydrogens is 1420 g/mol. The van der Waals surface area contributed by atoms with Crippen LogP contribution in [0.4, 0.5) is 0 Å². The Hall–Kier alpha value is -7.91. The van der Waals surface area contributed by atoms with Gasteiger partial charge in [-0.25, -0.2) is 0 Å². The first-order valence-electron chi connectivity index (χ1n) is 43.5. The molecule has 0 saturated carbocycles. The number of benzene rings is 7.